The molecule has 1 N–H and O–H groups in total. The van der Waals surface area contributed by atoms with E-state index in [1.165, 1.54) is 32.7 Å². The molecule has 35 heavy (non-hydrogen) atoms. The molecule has 1 aliphatic heterocycles. The Morgan fingerprint density at radius 2 is 1.51 bits per heavy atom. The number of amides is 1. The topological polar surface area (TPSA) is 103 Å². The molecule has 3 rings (SSSR count). The van der Waals surface area contributed by atoms with E-state index in [0.29, 0.717) is 48.1 Å². The Morgan fingerprint density at radius 3 is 2.09 bits per heavy atom. The summed E-state index contributed by atoms with van der Waals surface area (Å²) < 4.78 is 49.1. The fraction of sp³-hybridized carbons (Fsp3) is 0.480. The molecule has 0 aromatic heterocycles. The van der Waals surface area contributed by atoms with Gasteiger partial charge in [-0.3, -0.25) is 4.79 Å². The van der Waals surface area contributed by atoms with Gasteiger partial charge in [0.05, 0.1) is 33.3 Å². The lowest BCUT2D eigenvalue weighted by Crippen LogP contribution is -2.35. The third-order valence-electron chi connectivity index (χ3n) is 6.04. The third kappa shape index (κ3) is 6.37. The smallest absolute Gasteiger partial charge is 0.243 e. The predicted octanol–water partition coefficient (Wildman–Crippen LogP) is 3.14. The van der Waals surface area contributed by atoms with Crippen molar-refractivity contribution in [3.05, 3.63) is 41.5 Å². The highest BCUT2D eigenvalue weighted by atomic mass is 32.2. The molecule has 1 saturated heterocycles. The average Bonchev–Trinajstić information content (AvgIpc) is 2.90. The molecule has 1 aliphatic rings. The number of benzene rings is 2. The first-order valence-corrected chi connectivity index (χ1v) is 13.0. The molecular weight excluding hydrogens is 472 g/mol. The fourth-order valence-corrected chi connectivity index (χ4v) is 5.71. The van der Waals surface area contributed by atoms with Crippen molar-refractivity contribution >= 4 is 15.9 Å². The van der Waals surface area contributed by atoms with Crippen LogP contribution in [0.25, 0.3) is 0 Å². The molecule has 0 spiro atoms. The number of sulfonamides is 1. The number of rotatable bonds is 11. The number of methoxy groups -OCH3 is 4. The Bertz CT molecular complexity index is 1100. The second kappa shape index (κ2) is 12.1. The van der Waals surface area contributed by atoms with Gasteiger partial charge < -0.3 is 24.3 Å². The van der Waals surface area contributed by atoms with Gasteiger partial charge in [-0.1, -0.05) is 6.42 Å². The van der Waals surface area contributed by atoms with Crippen molar-refractivity contribution in [3.63, 3.8) is 0 Å². The predicted molar refractivity (Wildman–Crippen MR) is 132 cm³/mol. The van der Waals surface area contributed by atoms with E-state index >= 15 is 0 Å². The first-order chi connectivity index (χ1) is 16.8. The third-order valence-corrected chi connectivity index (χ3v) is 7.93. The van der Waals surface area contributed by atoms with Crippen LogP contribution in [0.15, 0.2) is 35.2 Å². The minimum absolute atomic E-state index is 0.175. The van der Waals surface area contributed by atoms with Crippen LogP contribution in [-0.2, 0) is 27.8 Å². The normalized spacial score (nSPS) is 14.3. The standard InChI is InChI=1S/C25H34N2O7S/c1-31-21-10-9-20(35(29,30)27-12-6-5-7-13-27)16-19(21)8-11-24(28)26-17-18-14-22(32-2)25(34-4)23(15-18)33-3/h9-10,14-16H,5-8,11-13,17H2,1-4H3,(H,26,28). The van der Waals surface area contributed by atoms with Gasteiger partial charge in [0.25, 0.3) is 0 Å². The minimum atomic E-state index is -3.57. The number of carbonyl (C=O) groups is 1. The quantitative estimate of drug-likeness (QED) is 0.499. The van der Waals surface area contributed by atoms with E-state index in [4.69, 9.17) is 18.9 Å². The van der Waals surface area contributed by atoms with E-state index in [2.05, 4.69) is 5.32 Å². The summed E-state index contributed by atoms with van der Waals surface area (Å²) in [7, 11) is 2.56. The summed E-state index contributed by atoms with van der Waals surface area (Å²) in [5.74, 6) is 1.88. The highest BCUT2D eigenvalue weighted by Gasteiger charge is 2.26. The van der Waals surface area contributed by atoms with Gasteiger partial charge in [-0.15, -0.1) is 0 Å². The second-order valence-corrected chi connectivity index (χ2v) is 10.2. The van der Waals surface area contributed by atoms with Gasteiger partial charge in [-0.05, 0) is 60.7 Å². The second-order valence-electron chi connectivity index (χ2n) is 8.25. The molecule has 1 heterocycles. The van der Waals surface area contributed by atoms with Crippen molar-refractivity contribution < 1.29 is 32.2 Å². The number of hydrogen-bond donors (Lipinski definition) is 1. The first kappa shape index (κ1) is 26.6. The van der Waals surface area contributed by atoms with Crippen LogP contribution < -0.4 is 24.3 Å². The molecule has 2 aromatic carbocycles. The Balaban J connectivity index is 1.67. The van der Waals surface area contributed by atoms with E-state index < -0.39 is 10.0 Å². The van der Waals surface area contributed by atoms with E-state index in [0.717, 1.165) is 24.8 Å². The number of ether oxygens (including phenoxy) is 4. The molecule has 0 radical (unpaired) electrons. The van der Waals surface area contributed by atoms with Gasteiger partial charge in [-0.2, -0.15) is 4.31 Å². The summed E-state index contributed by atoms with van der Waals surface area (Å²) in [6.45, 7) is 1.34. The Labute approximate surface area is 207 Å². The maximum atomic E-state index is 13.1. The van der Waals surface area contributed by atoms with Crippen molar-refractivity contribution in [3.8, 4) is 23.0 Å². The molecule has 9 nitrogen and oxygen atoms in total. The lowest BCUT2D eigenvalue weighted by atomic mass is 10.1. The number of piperidine rings is 1. The van der Waals surface area contributed by atoms with Crippen molar-refractivity contribution in [1.29, 1.82) is 0 Å². The minimum Gasteiger partial charge on any atom is -0.496 e. The maximum Gasteiger partial charge on any atom is 0.243 e. The van der Waals surface area contributed by atoms with Gasteiger partial charge in [0.15, 0.2) is 11.5 Å². The van der Waals surface area contributed by atoms with Gasteiger partial charge in [0.2, 0.25) is 21.7 Å². The van der Waals surface area contributed by atoms with Gasteiger partial charge >= 0.3 is 0 Å². The molecule has 1 amide bonds. The zero-order valence-electron chi connectivity index (χ0n) is 20.8. The molecule has 192 valence electrons. The maximum absolute atomic E-state index is 13.1. The summed E-state index contributed by atoms with van der Waals surface area (Å²) >= 11 is 0. The summed E-state index contributed by atoms with van der Waals surface area (Å²) in [5, 5.41) is 2.89. The van der Waals surface area contributed by atoms with E-state index in [1.54, 1.807) is 30.3 Å². The zero-order valence-corrected chi connectivity index (χ0v) is 21.6. The Morgan fingerprint density at radius 1 is 0.886 bits per heavy atom. The van der Waals surface area contributed by atoms with Crippen molar-refractivity contribution in [2.24, 2.45) is 0 Å². The number of carbonyl (C=O) groups excluding carboxylic acids is 1. The summed E-state index contributed by atoms with van der Waals surface area (Å²) in [5.41, 5.74) is 1.47. The molecule has 1 fully saturated rings. The van der Waals surface area contributed by atoms with Crippen LogP contribution in [0, 0.1) is 0 Å². The largest absolute Gasteiger partial charge is 0.496 e. The monoisotopic (exact) mass is 506 g/mol. The van der Waals surface area contributed by atoms with E-state index in [1.807, 2.05) is 0 Å². The van der Waals surface area contributed by atoms with Crippen LogP contribution in [-0.4, -0.2) is 60.2 Å². The van der Waals surface area contributed by atoms with Crippen LogP contribution >= 0.6 is 0 Å². The summed E-state index contributed by atoms with van der Waals surface area (Å²) in [6, 6.07) is 8.39. The highest BCUT2D eigenvalue weighted by Crippen LogP contribution is 2.38. The SMILES string of the molecule is COc1ccc(S(=O)(=O)N2CCCCC2)cc1CCC(=O)NCc1cc(OC)c(OC)c(OC)c1. The van der Waals surface area contributed by atoms with Crippen molar-refractivity contribution in [1.82, 2.24) is 9.62 Å². The first-order valence-electron chi connectivity index (χ1n) is 11.6. The fourth-order valence-electron chi connectivity index (χ4n) is 4.14. The molecule has 0 aliphatic carbocycles. The van der Waals surface area contributed by atoms with Gasteiger partial charge in [-0.25, -0.2) is 8.42 Å². The summed E-state index contributed by atoms with van der Waals surface area (Å²) in [4.78, 5) is 12.8. The molecule has 0 saturated carbocycles. The van der Waals surface area contributed by atoms with Crippen molar-refractivity contribution in [2.45, 2.75) is 43.5 Å². The van der Waals surface area contributed by atoms with Crippen LogP contribution in [0.1, 0.15) is 36.8 Å². The lowest BCUT2D eigenvalue weighted by Gasteiger charge is -2.26. The Kier molecular flexibility index (Phi) is 9.22. The number of nitrogens with one attached hydrogen (secondary N) is 1. The molecule has 10 heteroatoms. The number of nitrogens with zero attached hydrogens (tertiary/aromatic N) is 1. The van der Waals surface area contributed by atoms with Crippen LogP contribution in [0.3, 0.4) is 0 Å². The number of hydrogen-bond acceptors (Lipinski definition) is 7. The van der Waals surface area contributed by atoms with Crippen molar-refractivity contribution in [2.75, 3.05) is 41.5 Å². The Hall–Kier alpha value is -2.98. The zero-order chi connectivity index (χ0) is 25.4. The number of aryl methyl sites for hydroxylation is 1. The molecule has 0 bridgehead atoms. The lowest BCUT2D eigenvalue weighted by molar-refractivity contribution is -0.121. The van der Waals surface area contributed by atoms with E-state index in [-0.39, 0.29) is 23.8 Å². The van der Waals surface area contributed by atoms with Crippen LogP contribution in [0.4, 0.5) is 0 Å². The summed E-state index contributed by atoms with van der Waals surface area (Å²) in [6.07, 6.45) is 3.30. The van der Waals surface area contributed by atoms with E-state index in [9.17, 15) is 13.2 Å². The molecule has 2 aromatic rings. The molecule has 0 unspecified atom stereocenters. The van der Waals surface area contributed by atoms with Crippen LogP contribution in [0.5, 0.6) is 23.0 Å². The molecular formula is C25H34N2O7S. The van der Waals surface area contributed by atoms with Gasteiger partial charge in [0, 0.05) is 26.1 Å². The van der Waals surface area contributed by atoms with Crippen LogP contribution in [0.2, 0.25) is 0 Å². The highest BCUT2D eigenvalue weighted by molar-refractivity contribution is 7.89. The molecule has 0 atom stereocenters. The average molecular weight is 507 g/mol. The van der Waals surface area contributed by atoms with Gasteiger partial charge in [0.1, 0.15) is 5.75 Å².